The molecule has 1 aromatic heterocycles. The van der Waals surface area contributed by atoms with Crippen LogP contribution in [0.2, 0.25) is 0 Å². The molecule has 1 aromatic carbocycles. The Morgan fingerprint density at radius 2 is 2.17 bits per heavy atom. The van der Waals surface area contributed by atoms with Gasteiger partial charge in [-0.1, -0.05) is 6.07 Å². The molecule has 1 N–H and O–H groups in total. The number of esters is 1. The first-order valence-corrected chi connectivity index (χ1v) is 5.26. The summed E-state index contributed by atoms with van der Waals surface area (Å²) in [6.45, 7) is 0. The Kier molecular flexibility index (Phi) is 3.52. The van der Waals surface area contributed by atoms with Gasteiger partial charge in [0, 0.05) is 6.20 Å². The number of nitrogens with one attached hydrogen (secondary N) is 1. The lowest BCUT2D eigenvalue weighted by molar-refractivity contribution is 0.0602. The van der Waals surface area contributed by atoms with E-state index in [0.717, 1.165) is 0 Å². The van der Waals surface area contributed by atoms with E-state index < -0.39 is 11.8 Å². The monoisotopic (exact) mass is 246 g/mol. The molecule has 0 saturated carbocycles. The summed E-state index contributed by atoms with van der Waals surface area (Å²) in [4.78, 5) is 15.6. The molecule has 0 saturated heterocycles. The quantitative estimate of drug-likeness (QED) is 0.846. The van der Waals surface area contributed by atoms with E-state index in [1.54, 1.807) is 24.4 Å². The van der Waals surface area contributed by atoms with E-state index in [2.05, 4.69) is 15.0 Å². The van der Waals surface area contributed by atoms with E-state index in [0.29, 0.717) is 11.5 Å². The smallest absolute Gasteiger partial charge is 0.339 e. The molecule has 0 atom stereocenters. The predicted octanol–water partition coefficient (Wildman–Crippen LogP) is 2.75. The van der Waals surface area contributed by atoms with Gasteiger partial charge in [0.1, 0.15) is 11.6 Å². The number of halogens is 1. The number of nitrogens with zero attached hydrogens (tertiary/aromatic N) is 1. The molecular weight excluding hydrogens is 235 g/mol. The summed E-state index contributed by atoms with van der Waals surface area (Å²) in [5.41, 5.74) is 0.574. The van der Waals surface area contributed by atoms with E-state index in [9.17, 15) is 9.18 Å². The van der Waals surface area contributed by atoms with Crippen LogP contribution in [0.4, 0.5) is 15.9 Å². The Balaban J connectivity index is 2.36. The molecule has 0 aliphatic carbocycles. The van der Waals surface area contributed by atoms with E-state index in [1.165, 1.54) is 25.3 Å². The number of anilines is 2. The van der Waals surface area contributed by atoms with E-state index in [4.69, 9.17) is 0 Å². The van der Waals surface area contributed by atoms with Gasteiger partial charge in [0.25, 0.3) is 0 Å². The third kappa shape index (κ3) is 2.63. The summed E-state index contributed by atoms with van der Waals surface area (Å²) in [5, 5.41) is 2.88. The van der Waals surface area contributed by atoms with Crippen molar-refractivity contribution in [3.8, 4) is 0 Å². The maximum Gasteiger partial charge on any atom is 0.339 e. The van der Waals surface area contributed by atoms with Crippen molar-refractivity contribution in [3.05, 3.63) is 54.0 Å². The Labute approximate surface area is 103 Å². The maximum atomic E-state index is 13.2. The molecule has 2 rings (SSSR count). The van der Waals surface area contributed by atoms with Crippen molar-refractivity contribution in [1.29, 1.82) is 0 Å². The SMILES string of the molecule is COC(=O)c1ccc(F)cc1Nc1ccccn1. The molecule has 0 aliphatic heterocycles. The number of rotatable bonds is 3. The zero-order valence-corrected chi connectivity index (χ0v) is 9.68. The number of methoxy groups -OCH3 is 1. The summed E-state index contributed by atoms with van der Waals surface area (Å²) >= 11 is 0. The Bertz CT molecular complexity index is 558. The average molecular weight is 246 g/mol. The van der Waals surface area contributed by atoms with E-state index in [-0.39, 0.29) is 5.56 Å². The Morgan fingerprint density at radius 3 is 2.83 bits per heavy atom. The Hall–Kier alpha value is -2.43. The zero-order chi connectivity index (χ0) is 13.0. The third-order valence-corrected chi connectivity index (χ3v) is 2.31. The van der Waals surface area contributed by atoms with Gasteiger partial charge >= 0.3 is 5.97 Å². The Morgan fingerprint density at radius 1 is 1.33 bits per heavy atom. The van der Waals surface area contributed by atoms with E-state index in [1.807, 2.05) is 0 Å². The highest BCUT2D eigenvalue weighted by atomic mass is 19.1. The van der Waals surface area contributed by atoms with Gasteiger partial charge in [0.2, 0.25) is 0 Å². The summed E-state index contributed by atoms with van der Waals surface area (Å²) in [7, 11) is 1.27. The largest absolute Gasteiger partial charge is 0.465 e. The first kappa shape index (κ1) is 12.0. The van der Waals surface area contributed by atoms with Crippen molar-refractivity contribution in [2.75, 3.05) is 12.4 Å². The highest BCUT2D eigenvalue weighted by Crippen LogP contribution is 2.21. The van der Waals surface area contributed by atoms with Gasteiger partial charge < -0.3 is 10.1 Å². The van der Waals surface area contributed by atoms with E-state index >= 15 is 0 Å². The minimum atomic E-state index is -0.534. The molecule has 2 aromatic rings. The van der Waals surface area contributed by atoms with Crippen molar-refractivity contribution >= 4 is 17.5 Å². The molecule has 92 valence electrons. The number of aromatic nitrogens is 1. The molecule has 0 spiro atoms. The second-order valence-electron chi connectivity index (χ2n) is 3.52. The van der Waals surface area contributed by atoms with Crippen molar-refractivity contribution in [2.45, 2.75) is 0 Å². The van der Waals surface area contributed by atoms with Crippen molar-refractivity contribution in [3.63, 3.8) is 0 Å². The number of benzene rings is 1. The van der Waals surface area contributed by atoms with Crippen LogP contribution in [0.15, 0.2) is 42.6 Å². The fourth-order valence-electron chi connectivity index (χ4n) is 1.48. The topological polar surface area (TPSA) is 51.2 Å². The lowest BCUT2D eigenvalue weighted by Crippen LogP contribution is -2.06. The summed E-state index contributed by atoms with van der Waals surface area (Å²) in [5.74, 6) is -0.456. The molecule has 5 heteroatoms. The van der Waals surface area contributed by atoms with Gasteiger partial charge in [-0.05, 0) is 30.3 Å². The molecule has 0 bridgehead atoms. The van der Waals surface area contributed by atoms with Crippen LogP contribution in [0.5, 0.6) is 0 Å². The zero-order valence-electron chi connectivity index (χ0n) is 9.68. The highest BCUT2D eigenvalue weighted by molar-refractivity contribution is 5.96. The number of hydrogen-bond donors (Lipinski definition) is 1. The first-order valence-electron chi connectivity index (χ1n) is 5.26. The summed E-state index contributed by atoms with van der Waals surface area (Å²) in [6.07, 6.45) is 1.60. The molecule has 18 heavy (non-hydrogen) atoms. The minimum Gasteiger partial charge on any atom is -0.465 e. The van der Waals surface area contributed by atoms with Crippen LogP contribution in [-0.4, -0.2) is 18.1 Å². The molecule has 0 radical (unpaired) electrons. The van der Waals surface area contributed by atoms with Gasteiger partial charge in [-0.25, -0.2) is 14.2 Å². The fraction of sp³-hybridized carbons (Fsp3) is 0.0769. The lowest BCUT2D eigenvalue weighted by atomic mass is 10.1. The van der Waals surface area contributed by atoms with Crippen LogP contribution in [0.3, 0.4) is 0 Å². The molecule has 0 aliphatic rings. The maximum absolute atomic E-state index is 13.2. The summed E-state index contributed by atoms with van der Waals surface area (Å²) in [6, 6.07) is 9.06. The minimum absolute atomic E-state index is 0.254. The first-order chi connectivity index (χ1) is 8.70. The van der Waals surface area contributed by atoms with Crippen LogP contribution in [0.25, 0.3) is 0 Å². The lowest BCUT2D eigenvalue weighted by Gasteiger charge is -2.10. The standard InChI is InChI=1S/C13H11FN2O2/c1-18-13(17)10-6-5-9(14)8-11(10)16-12-4-2-3-7-15-12/h2-8H,1H3,(H,15,16). The average Bonchev–Trinajstić information content (AvgIpc) is 2.39. The van der Waals surface area contributed by atoms with Gasteiger partial charge in [0.05, 0.1) is 18.4 Å². The van der Waals surface area contributed by atoms with Crippen LogP contribution >= 0.6 is 0 Å². The van der Waals surface area contributed by atoms with Crippen molar-refractivity contribution < 1.29 is 13.9 Å². The molecule has 0 unspecified atom stereocenters. The number of ether oxygens (including phenoxy) is 1. The third-order valence-electron chi connectivity index (χ3n) is 2.31. The number of carbonyl (C=O) groups is 1. The highest BCUT2D eigenvalue weighted by Gasteiger charge is 2.13. The molecule has 1 heterocycles. The summed E-state index contributed by atoms with van der Waals surface area (Å²) < 4.78 is 17.8. The second kappa shape index (κ2) is 5.27. The molecule has 4 nitrogen and oxygen atoms in total. The predicted molar refractivity (Wildman–Crippen MR) is 65.3 cm³/mol. The van der Waals surface area contributed by atoms with Gasteiger partial charge in [-0.15, -0.1) is 0 Å². The van der Waals surface area contributed by atoms with Crippen LogP contribution in [-0.2, 0) is 4.74 Å². The van der Waals surface area contributed by atoms with Gasteiger partial charge in [0.15, 0.2) is 0 Å². The molecule has 0 fully saturated rings. The van der Waals surface area contributed by atoms with Crippen LogP contribution in [0, 0.1) is 5.82 Å². The number of carbonyl (C=O) groups excluding carboxylic acids is 1. The molecule has 0 amide bonds. The van der Waals surface area contributed by atoms with Gasteiger partial charge in [-0.2, -0.15) is 0 Å². The van der Waals surface area contributed by atoms with Crippen LogP contribution < -0.4 is 5.32 Å². The second-order valence-corrected chi connectivity index (χ2v) is 3.52. The molecular formula is C13H11FN2O2. The number of pyridine rings is 1. The van der Waals surface area contributed by atoms with Crippen molar-refractivity contribution in [2.24, 2.45) is 0 Å². The van der Waals surface area contributed by atoms with Gasteiger partial charge in [-0.3, -0.25) is 0 Å². The number of hydrogen-bond acceptors (Lipinski definition) is 4. The van der Waals surface area contributed by atoms with Crippen LogP contribution in [0.1, 0.15) is 10.4 Å². The normalized spacial score (nSPS) is 9.89. The fourth-order valence-corrected chi connectivity index (χ4v) is 1.48. The van der Waals surface area contributed by atoms with Crippen molar-refractivity contribution in [1.82, 2.24) is 4.98 Å².